The number of rotatable bonds is 4. The van der Waals surface area contributed by atoms with Crippen molar-refractivity contribution in [3.63, 3.8) is 0 Å². The van der Waals surface area contributed by atoms with Gasteiger partial charge in [0.1, 0.15) is 17.6 Å². The van der Waals surface area contributed by atoms with Crippen LogP contribution in [0.4, 0.5) is 16.0 Å². The van der Waals surface area contributed by atoms with E-state index in [-0.39, 0.29) is 11.9 Å². The summed E-state index contributed by atoms with van der Waals surface area (Å²) >= 11 is 0. The number of nitrogens with zero attached hydrogens (tertiary/aromatic N) is 5. The van der Waals surface area contributed by atoms with Crippen LogP contribution in [0, 0.1) is 5.82 Å². The number of anilines is 2. The molecule has 34 heavy (non-hydrogen) atoms. The van der Waals surface area contributed by atoms with E-state index in [0.29, 0.717) is 49.0 Å². The zero-order chi connectivity index (χ0) is 23.1. The lowest BCUT2D eigenvalue weighted by atomic mass is 10.0. The fraction of sp³-hybridized carbons (Fsp3) is 0.320. The summed E-state index contributed by atoms with van der Waals surface area (Å²) < 4.78 is 28.7. The van der Waals surface area contributed by atoms with Crippen LogP contribution >= 0.6 is 0 Å². The predicted molar refractivity (Wildman–Crippen MR) is 127 cm³/mol. The number of aromatic nitrogens is 4. The molecule has 0 spiro atoms. The first-order valence-corrected chi connectivity index (χ1v) is 11.5. The van der Waals surface area contributed by atoms with Gasteiger partial charge in [-0.3, -0.25) is 4.40 Å². The number of imidazole rings is 1. The minimum absolute atomic E-state index is 0.275. The Morgan fingerprint density at radius 2 is 1.82 bits per heavy atom. The van der Waals surface area contributed by atoms with Crippen LogP contribution in [0.25, 0.3) is 16.8 Å². The van der Waals surface area contributed by atoms with Crippen molar-refractivity contribution in [1.82, 2.24) is 19.4 Å². The van der Waals surface area contributed by atoms with E-state index < -0.39 is 0 Å². The number of fused-ring (bicyclic) bond motifs is 3. The fourth-order valence-electron chi connectivity index (χ4n) is 4.62. The second kappa shape index (κ2) is 8.66. The molecule has 2 aliphatic heterocycles. The Hall–Kier alpha value is -3.56. The Bertz CT molecular complexity index is 1320. The standard InChI is InChI=1S/C25H25FN6O2/c1-27-18-4-2-16(3-5-18)24-23-21(6-9-34-24)30-22-12-20(26)19(15-32(22)23)17-13-28-25(29-14-17)31-7-10-33-11-8-31/h2-5,12-15,24,27H,6-11H2,1H3. The van der Waals surface area contributed by atoms with E-state index in [9.17, 15) is 0 Å². The first-order valence-electron chi connectivity index (χ1n) is 11.5. The van der Waals surface area contributed by atoms with E-state index in [0.717, 1.165) is 35.7 Å². The third-order valence-electron chi connectivity index (χ3n) is 6.44. The Labute approximate surface area is 196 Å². The molecule has 4 aromatic rings. The Morgan fingerprint density at radius 3 is 2.56 bits per heavy atom. The first kappa shape index (κ1) is 21.0. The van der Waals surface area contributed by atoms with Crippen LogP contribution in [0.5, 0.6) is 0 Å². The molecule has 174 valence electrons. The van der Waals surface area contributed by atoms with Crippen molar-refractivity contribution >= 4 is 17.3 Å². The Kier molecular flexibility index (Phi) is 5.35. The average molecular weight is 461 g/mol. The number of pyridine rings is 1. The lowest BCUT2D eigenvalue weighted by Crippen LogP contribution is -2.37. The van der Waals surface area contributed by atoms with Gasteiger partial charge < -0.3 is 19.7 Å². The molecular weight excluding hydrogens is 435 g/mol. The Balaban J connectivity index is 1.39. The molecule has 8 nitrogen and oxygen atoms in total. The van der Waals surface area contributed by atoms with Gasteiger partial charge in [0.15, 0.2) is 0 Å². The smallest absolute Gasteiger partial charge is 0.225 e. The van der Waals surface area contributed by atoms with Crippen LogP contribution in [0.3, 0.4) is 0 Å². The molecule has 1 atom stereocenters. The van der Waals surface area contributed by atoms with Gasteiger partial charge >= 0.3 is 0 Å². The van der Waals surface area contributed by atoms with Crippen LogP contribution < -0.4 is 10.2 Å². The molecule has 0 radical (unpaired) electrons. The maximum absolute atomic E-state index is 15.2. The van der Waals surface area contributed by atoms with Crippen LogP contribution in [0.15, 0.2) is 48.9 Å². The van der Waals surface area contributed by atoms with E-state index >= 15 is 4.39 Å². The fourth-order valence-corrected chi connectivity index (χ4v) is 4.62. The van der Waals surface area contributed by atoms with Gasteiger partial charge in [0.2, 0.25) is 5.95 Å². The monoisotopic (exact) mass is 460 g/mol. The van der Waals surface area contributed by atoms with Gasteiger partial charge in [0.25, 0.3) is 0 Å². The number of nitrogens with one attached hydrogen (secondary N) is 1. The molecule has 0 amide bonds. The van der Waals surface area contributed by atoms with Crippen molar-refractivity contribution in [3.05, 3.63) is 71.7 Å². The molecule has 5 heterocycles. The molecule has 0 saturated carbocycles. The van der Waals surface area contributed by atoms with Crippen LogP contribution in [0.2, 0.25) is 0 Å². The highest BCUT2D eigenvalue weighted by Crippen LogP contribution is 2.35. The number of hydrogen-bond acceptors (Lipinski definition) is 7. The summed E-state index contributed by atoms with van der Waals surface area (Å²) in [6.07, 6.45) is 5.55. The highest BCUT2D eigenvalue weighted by Gasteiger charge is 2.28. The maximum atomic E-state index is 15.2. The second-order valence-electron chi connectivity index (χ2n) is 8.45. The summed E-state index contributed by atoms with van der Waals surface area (Å²) in [5, 5.41) is 3.14. The quantitative estimate of drug-likeness (QED) is 0.500. The molecule has 1 unspecified atom stereocenters. The van der Waals surface area contributed by atoms with Gasteiger partial charge in [0.05, 0.1) is 31.2 Å². The van der Waals surface area contributed by atoms with Crippen molar-refractivity contribution in [2.24, 2.45) is 0 Å². The molecule has 1 saturated heterocycles. The van der Waals surface area contributed by atoms with Gasteiger partial charge in [-0.15, -0.1) is 0 Å². The average Bonchev–Trinajstić information content (AvgIpc) is 3.26. The normalized spacial score (nSPS) is 18.2. The highest BCUT2D eigenvalue weighted by molar-refractivity contribution is 5.65. The number of hydrogen-bond donors (Lipinski definition) is 1. The van der Waals surface area contributed by atoms with E-state index in [1.54, 1.807) is 18.6 Å². The second-order valence-corrected chi connectivity index (χ2v) is 8.45. The molecule has 9 heteroatoms. The van der Waals surface area contributed by atoms with Crippen molar-refractivity contribution in [2.45, 2.75) is 12.5 Å². The zero-order valence-electron chi connectivity index (χ0n) is 18.9. The number of ether oxygens (including phenoxy) is 2. The molecular formula is C25H25FN6O2. The van der Waals surface area contributed by atoms with Crippen LogP contribution in [-0.4, -0.2) is 59.3 Å². The first-order chi connectivity index (χ1) is 16.7. The summed E-state index contributed by atoms with van der Waals surface area (Å²) in [6, 6.07) is 9.62. The molecule has 1 fully saturated rings. The van der Waals surface area contributed by atoms with Gasteiger partial charge in [-0.1, -0.05) is 12.1 Å². The third kappa shape index (κ3) is 3.66. The molecule has 1 N–H and O–H groups in total. The van der Waals surface area contributed by atoms with Gasteiger partial charge in [-0.25, -0.2) is 19.3 Å². The third-order valence-corrected chi connectivity index (χ3v) is 6.44. The number of halogens is 1. The lowest BCUT2D eigenvalue weighted by molar-refractivity contribution is 0.0655. The summed E-state index contributed by atoms with van der Waals surface area (Å²) in [5.74, 6) is 0.278. The topological polar surface area (TPSA) is 76.8 Å². The highest BCUT2D eigenvalue weighted by atomic mass is 19.1. The minimum atomic E-state index is -0.353. The summed E-state index contributed by atoms with van der Waals surface area (Å²) in [4.78, 5) is 15.8. The van der Waals surface area contributed by atoms with E-state index in [2.05, 4.69) is 20.2 Å². The van der Waals surface area contributed by atoms with Crippen molar-refractivity contribution < 1.29 is 13.9 Å². The molecule has 2 aliphatic rings. The van der Waals surface area contributed by atoms with E-state index in [4.69, 9.17) is 14.5 Å². The van der Waals surface area contributed by atoms with Crippen molar-refractivity contribution in [3.8, 4) is 11.1 Å². The van der Waals surface area contributed by atoms with Crippen molar-refractivity contribution in [2.75, 3.05) is 50.2 Å². The molecule has 3 aromatic heterocycles. The Morgan fingerprint density at radius 1 is 1.06 bits per heavy atom. The molecule has 6 rings (SSSR count). The molecule has 0 bridgehead atoms. The SMILES string of the molecule is CNc1ccc(C2OCCc3nc4cc(F)c(-c5cnc(N6CCOCC6)nc5)cn4c32)cc1. The number of benzene rings is 1. The summed E-state index contributed by atoms with van der Waals surface area (Å²) in [7, 11) is 1.89. The van der Waals surface area contributed by atoms with Gasteiger partial charge in [-0.05, 0) is 17.7 Å². The largest absolute Gasteiger partial charge is 0.388 e. The van der Waals surface area contributed by atoms with Gasteiger partial charge in [-0.2, -0.15) is 0 Å². The van der Waals surface area contributed by atoms with E-state index in [1.807, 2.05) is 35.7 Å². The summed E-state index contributed by atoms with van der Waals surface area (Å²) in [5.41, 5.74) is 5.55. The lowest BCUT2D eigenvalue weighted by Gasteiger charge is -2.26. The zero-order valence-corrected chi connectivity index (χ0v) is 18.9. The molecule has 0 aliphatic carbocycles. The molecule has 1 aromatic carbocycles. The minimum Gasteiger partial charge on any atom is -0.388 e. The maximum Gasteiger partial charge on any atom is 0.225 e. The van der Waals surface area contributed by atoms with Crippen LogP contribution in [-0.2, 0) is 15.9 Å². The van der Waals surface area contributed by atoms with E-state index in [1.165, 1.54) is 6.07 Å². The van der Waals surface area contributed by atoms with Crippen LogP contribution in [0.1, 0.15) is 23.1 Å². The van der Waals surface area contributed by atoms with Crippen molar-refractivity contribution in [1.29, 1.82) is 0 Å². The number of morpholine rings is 1. The summed E-state index contributed by atoms with van der Waals surface area (Å²) in [6.45, 7) is 3.38. The van der Waals surface area contributed by atoms with Gasteiger partial charge in [0, 0.05) is 68.0 Å². The predicted octanol–water partition coefficient (Wildman–Crippen LogP) is 3.47.